The lowest BCUT2D eigenvalue weighted by atomic mass is 9.87. The lowest BCUT2D eigenvalue weighted by Crippen LogP contribution is -2.59. The molecule has 2 heterocycles. The first kappa shape index (κ1) is 19.5. The van der Waals surface area contributed by atoms with Crippen LogP contribution in [-0.4, -0.2) is 42.5 Å². The molecule has 1 amide bonds. The molecule has 3 aliphatic rings. The molecule has 1 aromatic carbocycles. The number of piperazine rings is 1. The summed E-state index contributed by atoms with van der Waals surface area (Å²) < 4.78 is 0. The number of rotatable bonds is 2. The van der Waals surface area contributed by atoms with Crippen molar-refractivity contribution in [2.24, 2.45) is 0 Å². The van der Waals surface area contributed by atoms with Crippen LogP contribution in [0.15, 0.2) is 24.3 Å². The van der Waals surface area contributed by atoms with Gasteiger partial charge in [-0.25, -0.2) is 0 Å². The largest absolute Gasteiger partial charge is 0.348 e. The molecule has 2 N–H and O–H groups in total. The van der Waals surface area contributed by atoms with Crippen LogP contribution in [0, 0.1) is 0 Å². The Morgan fingerprint density at radius 2 is 2.00 bits per heavy atom. The Balaban J connectivity index is 0.00000104. The predicted molar refractivity (Wildman–Crippen MR) is 101 cm³/mol. The average Bonchev–Trinajstić information content (AvgIpc) is 3.02. The molecule has 0 unspecified atom stereocenters. The van der Waals surface area contributed by atoms with E-state index in [1.165, 1.54) is 24.0 Å². The van der Waals surface area contributed by atoms with Crippen molar-refractivity contribution in [3.8, 4) is 0 Å². The van der Waals surface area contributed by atoms with Gasteiger partial charge < -0.3 is 10.6 Å². The maximum Gasteiger partial charge on any atom is 0.238 e. The second kappa shape index (κ2) is 8.52. The zero-order valence-corrected chi connectivity index (χ0v) is 15.5. The molecule has 4 nitrogen and oxygen atoms in total. The third-order valence-corrected chi connectivity index (χ3v) is 5.52. The Morgan fingerprint density at radius 3 is 2.88 bits per heavy atom. The van der Waals surface area contributed by atoms with Crippen molar-refractivity contribution in [1.29, 1.82) is 0 Å². The third-order valence-electron chi connectivity index (χ3n) is 5.52. The molecule has 0 aromatic heterocycles. The van der Waals surface area contributed by atoms with Crippen LogP contribution in [0.5, 0.6) is 0 Å². The number of fused-ring (bicyclic) bond motifs is 2. The van der Waals surface area contributed by atoms with Crippen LogP contribution in [0.4, 0.5) is 0 Å². The van der Waals surface area contributed by atoms with Crippen molar-refractivity contribution in [3.05, 3.63) is 35.4 Å². The van der Waals surface area contributed by atoms with Gasteiger partial charge in [0, 0.05) is 19.1 Å². The Hall–Kier alpha value is -0.810. The van der Waals surface area contributed by atoms with Gasteiger partial charge in [0.05, 0.1) is 12.1 Å². The molecule has 2 aliphatic heterocycles. The molecular weight excluding hydrogens is 345 g/mol. The highest BCUT2D eigenvalue weighted by molar-refractivity contribution is 5.85. The minimum absolute atomic E-state index is 0. The molecule has 0 spiro atoms. The first-order valence-electron chi connectivity index (χ1n) is 8.67. The number of carbonyl (C=O) groups is 1. The normalized spacial score (nSPS) is 28.8. The fourth-order valence-electron chi connectivity index (χ4n) is 4.30. The zero-order valence-electron chi connectivity index (χ0n) is 13.9. The SMILES string of the molecule is Cl.Cl.O=C(N[C@@H]1CCCc2ccccc21)[C@@H]1CN2CCC[C@@H]2CN1. The maximum atomic E-state index is 12.7. The first-order valence-corrected chi connectivity index (χ1v) is 8.67. The number of hydrogen-bond donors (Lipinski definition) is 2. The molecule has 3 atom stereocenters. The van der Waals surface area contributed by atoms with Crippen LogP contribution in [-0.2, 0) is 11.2 Å². The Kier molecular flexibility index (Phi) is 6.93. The highest BCUT2D eigenvalue weighted by Gasteiger charge is 2.35. The van der Waals surface area contributed by atoms with E-state index in [9.17, 15) is 4.79 Å². The van der Waals surface area contributed by atoms with Crippen molar-refractivity contribution in [1.82, 2.24) is 15.5 Å². The van der Waals surface area contributed by atoms with Gasteiger partial charge in [-0.3, -0.25) is 9.69 Å². The van der Waals surface area contributed by atoms with E-state index in [0.717, 1.165) is 38.9 Å². The lowest BCUT2D eigenvalue weighted by molar-refractivity contribution is -0.125. The quantitative estimate of drug-likeness (QED) is 0.838. The second-order valence-corrected chi connectivity index (χ2v) is 6.90. The van der Waals surface area contributed by atoms with E-state index in [0.29, 0.717) is 6.04 Å². The van der Waals surface area contributed by atoms with Crippen LogP contribution >= 0.6 is 24.8 Å². The molecule has 2 fully saturated rings. The summed E-state index contributed by atoms with van der Waals surface area (Å²) in [7, 11) is 0. The number of aryl methyl sites for hydroxylation is 1. The molecule has 1 aliphatic carbocycles. The van der Waals surface area contributed by atoms with E-state index < -0.39 is 0 Å². The van der Waals surface area contributed by atoms with Gasteiger partial charge in [-0.05, 0) is 49.8 Å². The van der Waals surface area contributed by atoms with E-state index in [1.807, 2.05) is 0 Å². The highest BCUT2D eigenvalue weighted by Crippen LogP contribution is 2.29. The van der Waals surface area contributed by atoms with Crippen molar-refractivity contribution in [2.75, 3.05) is 19.6 Å². The number of carbonyl (C=O) groups excluding carboxylic acids is 1. The topological polar surface area (TPSA) is 44.4 Å². The molecule has 0 radical (unpaired) electrons. The summed E-state index contributed by atoms with van der Waals surface area (Å²) in [5.41, 5.74) is 2.72. The molecule has 1 aromatic rings. The molecule has 2 saturated heterocycles. The van der Waals surface area contributed by atoms with Gasteiger partial charge in [0.1, 0.15) is 0 Å². The summed E-state index contributed by atoms with van der Waals surface area (Å²) in [6.45, 7) is 2.98. The van der Waals surface area contributed by atoms with Crippen LogP contribution < -0.4 is 10.6 Å². The van der Waals surface area contributed by atoms with Crippen LogP contribution in [0.1, 0.15) is 42.9 Å². The van der Waals surface area contributed by atoms with Crippen molar-refractivity contribution < 1.29 is 4.79 Å². The fraction of sp³-hybridized carbons (Fsp3) is 0.611. The van der Waals surface area contributed by atoms with Gasteiger partial charge in [0.25, 0.3) is 0 Å². The second-order valence-electron chi connectivity index (χ2n) is 6.90. The molecule has 134 valence electrons. The van der Waals surface area contributed by atoms with Crippen molar-refractivity contribution in [2.45, 2.75) is 50.2 Å². The number of benzene rings is 1. The molecule has 6 heteroatoms. The van der Waals surface area contributed by atoms with E-state index in [1.54, 1.807) is 0 Å². The monoisotopic (exact) mass is 371 g/mol. The van der Waals surface area contributed by atoms with Crippen LogP contribution in [0.25, 0.3) is 0 Å². The Bertz CT molecular complexity index is 569. The van der Waals surface area contributed by atoms with Gasteiger partial charge in [-0.15, -0.1) is 24.8 Å². The average molecular weight is 372 g/mol. The molecule has 0 bridgehead atoms. The van der Waals surface area contributed by atoms with E-state index in [4.69, 9.17) is 0 Å². The number of hydrogen-bond acceptors (Lipinski definition) is 3. The van der Waals surface area contributed by atoms with Gasteiger partial charge in [-0.2, -0.15) is 0 Å². The molecule has 24 heavy (non-hydrogen) atoms. The smallest absolute Gasteiger partial charge is 0.238 e. The van der Waals surface area contributed by atoms with Gasteiger partial charge in [-0.1, -0.05) is 24.3 Å². The highest BCUT2D eigenvalue weighted by atomic mass is 35.5. The van der Waals surface area contributed by atoms with E-state index >= 15 is 0 Å². The van der Waals surface area contributed by atoms with E-state index in [2.05, 4.69) is 39.8 Å². The summed E-state index contributed by atoms with van der Waals surface area (Å²) in [6.07, 6.45) is 5.91. The lowest BCUT2D eigenvalue weighted by Gasteiger charge is -2.36. The molecular formula is C18H27Cl2N3O. The Morgan fingerprint density at radius 1 is 1.17 bits per heavy atom. The summed E-state index contributed by atoms with van der Waals surface area (Å²) in [6, 6.07) is 9.33. The first-order chi connectivity index (χ1) is 10.8. The number of halogens is 2. The molecule has 4 rings (SSSR count). The van der Waals surface area contributed by atoms with Gasteiger partial charge in [0.15, 0.2) is 0 Å². The van der Waals surface area contributed by atoms with Crippen LogP contribution in [0.2, 0.25) is 0 Å². The summed E-state index contributed by atoms with van der Waals surface area (Å²) in [5, 5.41) is 6.75. The number of nitrogens with one attached hydrogen (secondary N) is 2. The van der Waals surface area contributed by atoms with Gasteiger partial charge in [0.2, 0.25) is 5.91 Å². The van der Waals surface area contributed by atoms with Gasteiger partial charge >= 0.3 is 0 Å². The van der Waals surface area contributed by atoms with E-state index in [-0.39, 0.29) is 42.8 Å². The number of amides is 1. The fourth-order valence-corrected chi connectivity index (χ4v) is 4.30. The van der Waals surface area contributed by atoms with Crippen molar-refractivity contribution >= 4 is 30.7 Å². The standard InChI is InChI=1S/C18H25N3O.2ClH/c22-18(17-12-21-10-4-7-14(21)11-19-17)20-16-9-3-6-13-5-1-2-8-15(13)16;;/h1-2,5,8,14,16-17,19H,3-4,6-7,9-12H2,(H,20,22);2*1H/t14-,16-,17+;;/m1../s1. The number of nitrogens with zero attached hydrogens (tertiary/aromatic N) is 1. The summed E-state index contributed by atoms with van der Waals surface area (Å²) >= 11 is 0. The predicted octanol–water partition coefficient (Wildman–Crippen LogP) is 2.46. The van der Waals surface area contributed by atoms with Crippen LogP contribution in [0.3, 0.4) is 0 Å². The van der Waals surface area contributed by atoms with Crippen molar-refractivity contribution in [3.63, 3.8) is 0 Å². The zero-order chi connectivity index (χ0) is 14.9. The summed E-state index contributed by atoms with van der Waals surface area (Å²) in [4.78, 5) is 15.1. The maximum absolute atomic E-state index is 12.7. The Labute approximate surface area is 156 Å². The minimum Gasteiger partial charge on any atom is -0.348 e. The summed E-state index contributed by atoms with van der Waals surface area (Å²) in [5.74, 6) is 0.173. The molecule has 0 saturated carbocycles. The third kappa shape index (κ3) is 3.88. The minimum atomic E-state index is -0.0524.